The molecule has 0 spiro atoms. The summed E-state index contributed by atoms with van der Waals surface area (Å²) in [6.07, 6.45) is 8.83. The number of thioether (sulfide) groups is 1. The number of aromatic nitrogens is 1. The lowest BCUT2D eigenvalue weighted by Crippen LogP contribution is -2.46. The SMILES string of the molecule is CCc1cccc2c(/C=C3\SC(=O)N(CC(=O)N4CCOCC4)C3=O)cn(CC(=O)N3CCCCCC3)c12. The van der Waals surface area contributed by atoms with Gasteiger partial charge in [-0.1, -0.05) is 38.0 Å². The number of carbonyl (C=O) groups is 4. The van der Waals surface area contributed by atoms with Crippen molar-refractivity contribution in [2.75, 3.05) is 45.9 Å². The number of amides is 4. The fourth-order valence-electron chi connectivity index (χ4n) is 5.38. The number of aryl methyl sites for hydroxylation is 1. The molecule has 1 aromatic heterocycles. The van der Waals surface area contributed by atoms with Gasteiger partial charge in [-0.05, 0) is 42.7 Å². The molecule has 0 bridgehead atoms. The van der Waals surface area contributed by atoms with E-state index < -0.39 is 11.1 Å². The van der Waals surface area contributed by atoms with E-state index in [0.717, 1.165) is 83.9 Å². The lowest BCUT2D eigenvalue weighted by atomic mass is 10.1. The summed E-state index contributed by atoms with van der Waals surface area (Å²) in [7, 11) is 0. The Kier molecular flexibility index (Phi) is 8.18. The Morgan fingerprint density at radius 2 is 1.63 bits per heavy atom. The third kappa shape index (κ3) is 5.51. The molecular formula is C28H34N4O5S. The van der Waals surface area contributed by atoms with Crippen molar-refractivity contribution >= 4 is 51.7 Å². The predicted molar refractivity (Wildman–Crippen MR) is 146 cm³/mol. The maximum absolute atomic E-state index is 13.2. The van der Waals surface area contributed by atoms with Crippen LogP contribution in [0.5, 0.6) is 0 Å². The Bertz CT molecular complexity index is 1270. The summed E-state index contributed by atoms with van der Waals surface area (Å²) in [6, 6.07) is 6.02. The topological polar surface area (TPSA) is 92.2 Å². The Morgan fingerprint density at radius 3 is 2.34 bits per heavy atom. The van der Waals surface area contributed by atoms with Gasteiger partial charge in [0.2, 0.25) is 11.8 Å². The molecule has 0 radical (unpaired) electrons. The van der Waals surface area contributed by atoms with Gasteiger partial charge in [-0.15, -0.1) is 0 Å². The second kappa shape index (κ2) is 11.7. The van der Waals surface area contributed by atoms with Crippen LogP contribution in [0.3, 0.4) is 0 Å². The molecule has 3 aliphatic heterocycles. The van der Waals surface area contributed by atoms with Crippen LogP contribution in [0.4, 0.5) is 4.79 Å². The van der Waals surface area contributed by atoms with Crippen molar-refractivity contribution in [3.8, 4) is 0 Å². The van der Waals surface area contributed by atoms with E-state index in [2.05, 4.69) is 13.0 Å². The van der Waals surface area contributed by atoms with Gasteiger partial charge in [0.25, 0.3) is 11.1 Å². The molecule has 2 aromatic rings. The average molecular weight is 539 g/mol. The van der Waals surface area contributed by atoms with Crippen LogP contribution in [0.1, 0.15) is 43.7 Å². The number of rotatable bonds is 6. The molecule has 1 aromatic carbocycles. The number of nitrogens with zero attached hydrogens (tertiary/aromatic N) is 4. The third-order valence-electron chi connectivity index (χ3n) is 7.48. The van der Waals surface area contributed by atoms with Crippen LogP contribution >= 0.6 is 11.8 Å². The number of likely N-dealkylation sites (tertiary alicyclic amines) is 1. The molecule has 4 amide bonds. The second-order valence-corrected chi connectivity index (χ2v) is 10.9. The minimum absolute atomic E-state index is 0.100. The molecule has 0 N–H and O–H groups in total. The largest absolute Gasteiger partial charge is 0.378 e. The smallest absolute Gasteiger partial charge is 0.294 e. The van der Waals surface area contributed by atoms with E-state index in [1.54, 1.807) is 11.0 Å². The summed E-state index contributed by atoms with van der Waals surface area (Å²) in [4.78, 5) is 56.7. The highest BCUT2D eigenvalue weighted by atomic mass is 32.2. The first-order chi connectivity index (χ1) is 18.5. The maximum Gasteiger partial charge on any atom is 0.294 e. The summed E-state index contributed by atoms with van der Waals surface area (Å²) in [5, 5.41) is 0.487. The van der Waals surface area contributed by atoms with E-state index in [1.807, 2.05) is 27.8 Å². The molecule has 3 saturated heterocycles. The number of hydrogen-bond acceptors (Lipinski definition) is 6. The Labute approximate surface area is 226 Å². The van der Waals surface area contributed by atoms with Crippen molar-refractivity contribution in [3.05, 3.63) is 40.4 Å². The van der Waals surface area contributed by atoms with Crippen LogP contribution in [0.25, 0.3) is 17.0 Å². The second-order valence-electron chi connectivity index (χ2n) is 9.94. The van der Waals surface area contributed by atoms with Gasteiger partial charge in [0.05, 0.1) is 23.6 Å². The quantitative estimate of drug-likeness (QED) is 0.523. The number of imide groups is 1. The maximum atomic E-state index is 13.2. The number of ether oxygens (including phenoxy) is 1. The molecule has 4 heterocycles. The Balaban J connectivity index is 1.40. The van der Waals surface area contributed by atoms with E-state index in [1.165, 1.54) is 0 Å². The van der Waals surface area contributed by atoms with Gasteiger partial charge in [-0.25, -0.2) is 0 Å². The number of hydrogen-bond donors (Lipinski definition) is 0. The lowest BCUT2D eigenvalue weighted by molar-refractivity contribution is -0.139. The molecule has 5 rings (SSSR count). The monoisotopic (exact) mass is 538 g/mol. The van der Waals surface area contributed by atoms with E-state index in [4.69, 9.17) is 4.74 Å². The van der Waals surface area contributed by atoms with Gasteiger partial charge < -0.3 is 19.1 Å². The molecule has 10 heteroatoms. The molecule has 0 saturated carbocycles. The molecular weight excluding hydrogens is 504 g/mol. The minimum Gasteiger partial charge on any atom is -0.378 e. The fourth-order valence-corrected chi connectivity index (χ4v) is 6.21. The summed E-state index contributed by atoms with van der Waals surface area (Å²) in [5.74, 6) is -0.619. The van der Waals surface area contributed by atoms with Crippen LogP contribution in [-0.4, -0.2) is 88.2 Å². The van der Waals surface area contributed by atoms with E-state index in [9.17, 15) is 19.2 Å². The van der Waals surface area contributed by atoms with Gasteiger partial charge in [0.15, 0.2) is 0 Å². The van der Waals surface area contributed by atoms with E-state index in [-0.39, 0.29) is 29.8 Å². The van der Waals surface area contributed by atoms with Gasteiger partial charge in [-0.3, -0.25) is 24.1 Å². The molecule has 0 unspecified atom stereocenters. The lowest BCUT2D eigenvalue weighted by Gasteiger charge is -2.28. The summed E-state index contributed by atoms with van der Waals surface area (Å²) in [6.45, 7) is 5.46. The van der Waals surface area contributed by atoms with Crippen LogP contribution < -0.4 is 0 Å². The number of fused-ring (bicyclic) bond motifs is 1. The van der Waals surface area contributed by atoms with Crippen LogP contribution in [0.2, 0.25) is 0 Å². The normalized spacial score (nSPS) is 20.0. The van der Waals surface area contributed by atoms with Crippen molar-refractivity contribution in [2.45, 2.75) is 45.6 Å². The van der Waals surface area contributed by atoms with Gasteiger partial charge >= 0.3 is 0 Å². The molecule has 0 atom stereocenters. The van der Waals surface area contributed by atoms with Crippen LogP contribution in [0, 0.1) is 0 Å². The highest BCUT2D eigenvalue weighted by molar-refractivity contribution is 8.18. The molecule has 202 valence electrons. The molecule has 38 heavy (non-hydrogen) atoms. The Morgan fingerprint density at radius 1 is 0.947 bits per heavy atom. The highest BCUT2D eigenvalue weighted by Crippen LogP contribution is 2.35. The molecule has 0 aliphatic carbocycles. The summed E-state index contributed by atoms with van der Waals surface area (Å²) >= 11 is 0.851. The van der Waals surface area contributed by atoms with Gasteiger partial charge in [0.1, 0.15) is 13.1 Å². The van der Waals surface area contributed by atoms with E-state index in [0.29, 0.717) is 26.3 Å². The van der Waals surface area contributed by atoms with Crippen molar-refractivity contribution in [2.24, 2.45) is 0 Å². The zero-order valence-electron chi connectivity index (χ0n) is 21.8. The zero-order chi connectivity index (χ0) is 26.6. The Hall–Kier alpha value is -3.11. The standard InChI is InChI=1S/C28H34N4O5S/c1-2-20-8-7-9-22-21(17-31(26(20)22)18-24(33)29-10-5-3-4-6-11-29)16-23-27(35)32(28(36)38-23)19-25(34)30-12-14-37-15-13-30/h7-9,16-17H,2-6,10-15,18-19H2,1H3/b23-16-. The van der Waals surface area contributed by atoms with Crippen molar-refractivity contribution in [3.63, 3.8) is 0 Å². The number of benzene rings is 1. The van der Waals surface area contributed by atoms with Gasteiger partial charge in [0, 0.05) is 43.3 Å². The van der Waals surface area contributed by atoms with Crippen molar-refractivity contribution in [1.82, 2.24) is 19.3 Å². The van der Waals surface area contributed by atoms with Crippen molar-refractivity contribution in [1.29, 1.82) is 0 Å². The molecule has 3 fully saturated rings. The van der Waals surface area contributed by atoms with Gasteiger partial charge in [-0.2, -0.15) is 0 Å². The van der Waals surface area contributed by atoms with Crippen LogP contribution in [0.15, 0.2) is 29.3 Å². The third-order valence-corrected chi connectivity index (χ3v) is 8.38. The summed E-state index contributed by atoms with van der Waals surface area (Å²) < 4.78 is 7.27. The first-order valence-electron chi connectivity index (χ1n) is 13.5. The number of carbonyl (C=O) groups excluding carboxylic acids is 4. The first-order valence-corrected chi connectivity index (χ1v) is 14.3. The summed E-state index contributed by atoms with van der Waals surface area (Å²) in [5.41, 5.74) is 2.88. The van der Waals surface area contributed by atoms with Crippen molar-refractivity contribution < 1.29 is 23.9 Å². The first kappa shape index (κ1) is 26.5. The zero-order valence-corrected chi connectivity index (χ0v) is 22.6. The van der Waals surface area contributed by atoms with Crippen LogP contribution in [-0.2, 0) is 32.1 Å². The number of morpholine rings is 1. The fraction of sp³-hybridized carbons (Fsp3) is 0.500. The molecule has 3 aliphatic rings. The molecule has 9 nitrogen and oxygen atoms in total. The average Bonchev–Trinajstić information content (AvgIpc) is 3.24. The predicted octanol–water partition coefficient (Wildman–Crippen LogP) is 3.50. The van der Waals surface area contributed by atoms with E-state index >= 15 is 0 Å². The number of para-hydroxylation sites is 1. The highest BCUT2D eigenvalue weighted by Gasteiger charge is 2.37. The minimum atomic E-state index is -0.463.